The average Bonchev–Trinajstić information content (AvgIpc) is 3.26. The number of H-pyrrole nitrogens is 1. The number of carbonyl (C=O) groups is 1. The lowest BCUT2D eigenvalue weighted by Gasteiger charge is -2.40. The predicted octanol–water partition coefficient (Wildman–Crippen LogP) is 2.80. The van der Waals surface area contributed by atoms with E-state index in [0.29, 0.717) is 0 Å². The molecule has 3 aliphatic rings. The Morgan fingerprint density at radius 2 is 2.00 bits per heavy atom. The van der Waals surface area contributed by atoms with E-state index in [1.165, 1.54) is 35.4 Å². The van der Waals surface area contributed by atoms with E-state index < -0.39 is 0 Å². The van der Waals surface area contributed by atoms with E-state index in [-0.39, 0.29) is 11.3 Å². The van der Waals surface area contributed by atoms with Crippen LogP contribution in [0.2, 0.25) is 0 Å². The van der Waals surface area contributed by atoms with Crippen molar-refractivity contribution in [2.75, 3.05) is 13.1 Å². The number of aryl methyl sites for hydroxylation is 3. The molecule has 2 aromatic rings. The Morgan fingerprint density at radius 3 is 2.96 bits per heavy atom. The molecule has 130 valence electrons. The van der Waals surface area contributed by atoms with Gasteiger partial charge in [-0.3, -0.25) is 14.9 Å². The quantitative estimate of drug-likeness (QED) is 0.871. The van der Waals surface area contributed by atoms with Crippen LogP contribution in [0.3, 0.4) is 0 Å². The Bertz CT molecular complexity index is 827. The molecule has 0 saturated carbocycles. The second-order valence-electron chi connectivity index (χ2n) is 7.92. The fraction of sp³-hybridized carbons (Fsp3) is 0.550. The van der Waals surface area contributed by atoms with Crippen LogP contribution in [0.25, 0.3) is 0 Å². The van der Waals surface area contributed by atoms with Crippen LogP contribution in [-0.4, -0.2) is 39.1 Å². The molecule has 25 heavy (non-hydrogen) atoms. The highest BCUT2D eigenvalue weighted by atomic mass is 16.2. The van der Waals surface area contributed by atoms with E-state index in [1.807, 2.05) is 11.1 Å². The Kier molecular flexibility index (Phi) is 3.43. The van der Waals surface area contributed by atoms with Crippen molar-refractivity contribution in [2.45, 2.75) is 56.8 Å². The number of nitrogens with one attached hydrogen (secondary N) is 1. The molecule has 1 unspecified atom stereocenters. The number of carbonyl (C=O) groups excluding carboxylic acids is 1. The van der Waals surface area contributed by atoms with Crippen LogP contribution < -0.4 is 0 Å². The number of aromatic amines is 1. The summed E-state index contributed by atoms with van der Waals surface area (Å²) in [5, 5.41) is 7.45. The normalized spacial score (nSPS) is 25.0. The van der Waals surface area contributed by atoms with E-state index >= 15 is 0 Å². The summed E-state index contributed by atoms with van der Waals surface area (Å²) in [7, 11) is 0. The second kappa shape index (κ2) is 5.68. The van der Waals surface area contributed by atoms with E-state index in [0.717, 1.165) is 57.2 Å². The summed E-state index contributed by atoms with van der Waals surface area (Å²) in [6.45, 7) is 1.65. The SMILES string of the molecule is O=C(c1cnc2c(c1)CCCC2)N1CCCC2(CCc3cn[nH]c32)C1. The molecular weight excluding hydrogens is 312 g/mol. The van der Waals surface area contributed by atoms with Crippen LogP contribution in [0.5, 0.6) is 0 Å². The van der Waals surface area contributed by atoms with Gasteiger partial charge in [0.05, 0.1) is 11.8 Å². The molecule has 3 heterocycles. The van der Waals surface area contributed by atoms with E-state index in [4.69, 9.17) is 0 Å². The number of hydrogen-bond donors (Lipinski definition) is 1. The summed E-state index contributed by atoms with van der Waals surface area (Å²) >= 11 is 0. The molecule has 0 aromatic carbocycles. The van der Waals surface area contributed by atoms with Gasteiger partial charge in [0, 0.05) is 36.1 Å². The Hall–Kier alpha value is -2.17. The van der Waals surface area contributed by atoms with Gasteiger partial charge in [-0.1, -0.05) is 0 Å². The van der Waals surface area contributed by atoms with Gasteiger partial charge in [-0.25, -0.2) is 0 Å². The first kappa shape index (κ1) is 15.1. The number of pyridine rings is 1. The van der Waals surface area contributed by atoms with Crippen LogP contribution >= 0.6 is 0 Å². The van der Waals surface area contributed by atoms with Gasteiger partial charge < -0.3 is 4.90 Å². The molecule has 2 aliphatic carbocycles. The molecule has 5 heteroatoms. The third-order valence-electron chi connectivity index (χ3n) is 6.40. The van der Waals surface area contributed by atoms with E-state index in [1.54, 1.807) is 6.20 Å². The maximum absolute atomic E-state index is 13.1. The molecular formula is C20H24N4O. The predicted molar refractivity (Wildman–Crippen MR) is 94.6 cm³/mol. The summed E-state index contributed by atoms with van der Waals surface area (Å²) < 4.78 is 0. The maximum Gasteiger partial charge on any atom is 0.255 e. The smallest absolute Gasteiger partial charge is 0.255 e. The largest absolute Gasteiger partial charge is 0.338 e. The first-order valence-electron chi connectivity index (χ1n) is 9.55. The average molecular weight is 336 g/mol. The first-order chi connectivity index (χ1) is 12.3. The van der Waals surface area contributed by atoms with Crippen LogP contribution in [0.4, 0.5) is 0 Å². The van der Waals surface area contributed by atoms with Gasteiger partial charge in [-0.15, -0.1) is 0 Å². The van der Waals surface area contributed by atoms with Crippen molar-refractivity contribution in [1.29, 1.82) is 0 Å². The zero-order chi connectivity index (χ0) is 16.9. The van der Waals surface area contributed by atoms with Gasteiger partial charge in [0.1, 0.15) is 0 Å². The van der Waals surface area contributed by atoms with Crippen LogP contribution in [0.1, 0.15) is 65.0 Å². The number of likely N-dealkylation sites (tertiary alicyclic amines) is 1. The number of nitrogens with zero attached hydrogens (tertiary/aromatic N) is 3. The molecule has 1 atom stereocenters. The number of amides is 1. The van der Waals surface area contributed by atoms with Gasteiger partial charge in [0.25, 0.3) is 5.91 Å². The van der Waals surface area contributed by atoms with Gasteiger partial charge in [-0.05, 0) is 68.6 Å². The molecule has 1 fully saturated rings. The van der Waals surface area contributed by atoms with Crippen molar-refractivity contribution in [3.05, 3.63) is 46.5 Å². The van der Waals surface area contributed by atoms with Crippen LogP contribution in [0, 0.1) is 0 Å². The molecule has 1 spiro atoms. The molecule has 1 amide bonds. The molecule has 1 aliphatic heterocycles. The third-order valence-corrected chi connectivity index (χ3v) is 6.40. The molecule has 1 saturated heterocycles. The fourth-order valence-corrected chi connectivity index (χ4v) is 5.06. The monoisotopic (exact) mass is 336 g/mol. The minimum Gasteiger partial charge on any atom is -0.338 e. The van der Waals surface area contributed by atoms with Gasteiger partial charge in [0.15, 0.2) is 0 Å². The van der Waals surface area contributed by atoms with Gasteiger partial charge in [-0.2, -0.15) is 5.10 Å². The minimum atomic E-state index is 0.0847. The molecule has 5 rings (SSSR count). The number of aromatic nitrogens is 3. The minimum absolute atomic E-state index is 0.0847. The highest BCUT2D eigenvalue weighted by molar-refractivity contribution is 5.94. The van der Waals surface area contributed by atoms with E-state index in [9.17, 15) is 4.79 Å². The zero-order valence-corrected chi connectivity index (χ0v) is 14.6. The zero-order valence-electron chi connectivity index (χ0n) is 14.6. The van der Waals surface area contributed by atoms with Crippen molar-refractivity contribution in [1.82, 2.24) is 20.1 Å². The van der Waals surface area contributed by atoms with Crippen molar-refractivity contribution in [3.63, 3.8) is 0 Å². The summed E-state index contributed by atoms with van der Waals surface area (Å²) in [5.41, 5.74) is 5.93. The lowest BCUT2D eigenvalue weighted by Crippen LogP contribution is -2.47. The molecule has 2 aromatic heterocycles. The van der Waals surface area contributed by atoms with Gasteiger partial charge in [0.2, 0.25) is 0 Å². The molecule has 0 radical (unpaired) electrons. The highest BCUT2D eigenvalue weighted by Gasteiger charge is 2.44. The lowest BCUT2D eigenvalue weighted by atomic mass is 9.77. The summed E-state index contributed by atoms with van der Waals surface area (Å²) in [4.78, 5) is 19.8. The third kappa shape index (κ3) is 2.40. The number of hydrogen-bond acceptors (Lipinski definition) is 3. The van der Waals surface area contributed by atoms with Gasteiger partial charge >= 0.3 is 0 Å². The van der Waals surface area contributed by atoms with Crippen LogP contribution in [-0.2, 0) is 24.7 Å². The summed E-state index contributed by atoms with van der Waals surface area (Å²) in [5.74, 6) is 0.146. The highest BCUT2D eigenvalue weighted by Crippen LogP contribution is 2.44. The Balaban J connectivity index is 1.41. The molecule has 1 N–H and O–H groups in total. The summed E-state index contributed by atoms with van der Waals surface area (Å²) in [6.07, 6.45) is 12.7. The Labute approximate surface area is 147 Å². The maximum atomic E-state index is 13.1. The first-order valence-corrected chi connectivity index (χ1v) is 9.55. The molecule has 0 bridgehead atoms. The van der Waals surface area contributed by atoms with Crippen molar-refractivity contribution < 1.29 is 4.79 Å². The van der Waals surface area contributed by atoms with Crippen molar-refractivity contribution in [2.24, 2.45) is 0 Å². The number of piperidine rings is 1. The fourth-order valence-electron chi connectivity index (χ4n) is 5.06. The lowest BCUT2D eigenvalue weighted by molar-refractivity contribution is 0.0632. The number of rotatable bonds is 1. The Morgan fingerprint density at radius 1 is 1.08 bits per heavy atom. The summed E-state index contributed by atoms with van der Waals surface area (Å²) in [6, 6.07) is 2.10. The standard InChI is InChI=1S/C20H24N4O/c25-19(16-10-14-4-1-2-5-17(14)21-11-16)24-9-3-7-20(13-24)8-6-15-12-22-23-18(15)20/h10-12H,1-9,13H2,(H,22,23). The second-order valence-corrected chi connectivity index (χ2v) is 7.92. The topological polar surface area (TPSA) is 61.9 Å². The number of fused-ring (bicyclic) bond motifs is 3. The van der Waals surface area contributed by atoms with E-state index in [2.05, 4.69) is 21.2 Å². The van der Waals surface area contributed by atoms with Crippen LogP contribution in [0.15, 0.2) is 18.5 Å². The van der Waals surface area contributed by atoms with Crippen molar-refractivity contribution in [3.8, 4) is 0 Å². The van der Waals surface area contributed by atoms with Crippen molar-refractivity contribution >= 4 is 5.91 Å². The molecule has 5 nitrogen and oxygen atoms in total.